The van der Waals surface area contributed by atoms with Crippen LogP contribution in [0, 0.1) is 0 Å². The first-order valence-electron chi connectivity index (χ1n) is 6.76. The van der Waals surface area contributed by atoms with Gasteiger partial charge in [0.2, 0.25) is 0 Å². The van der Waals surface area contributed by atoms with E-state index in [4.69, 9.17) is 5.73 Å². The Morgan fingerprint density at radius 2 is 2.30 bits per heavy atom. The summed E-state index contributed by atoms with van der Waals surface area (Å²) in [5, 5.41) is 13.9. The lowest BCUT2D eigenvalue weighted by Gasteiger charge is -2.11. The molecule has 0 atom stereocenters. The number of aromatic amines is 1. The number of nitrogens with two attached hydrogens (primary N) is 1. The molecule has 1 saturated carbocycles. The molecule has 0 aromatic carbocycles. The van der Waals surface area contributed by atoms with Crippen LogP contribution >= 0.6 is 0 Å². The van der Waals surface area contributed by atoms with Gasteiger partial charge in [0.25, 0.3) is 5.91 Å². The SMILES string of the molecule is CC(C)n1nccc1NC(=O)c1n[nH]c(C2CC2)c1N. The second-order valence-electron chi connectivity index (χ2n) is 5.38. The minimum absolute atomic E-state index is 0.166. The Kier molecular flexibility index (Phi) is 2.96. The standard InChI is InChI=1S/C13H18N6O/c1-7(2)19-9(5-6-15-19)16-13(20)12-10(14)11(17-18-12)8-3-4-8/h5-8H,3-4,14H2,1-2H3,(H,16,20)(H,17,18). The van der Waals surface area contributed by atoms with Crippen molar-refractivity contribution in [3.63, 3.8) is 0 Å². The fourth-order valence-electron chi connectivity index (χ4n) is 2.22. The summed E-state index contributed by atoms with van der Waals surface area (Å²) in [5.74, 6) is 0.763. The van der Waals surface area contributed by atoms with E-state index >= 15 is 0 Å². The second-order valence-corrected chi connectivity index (χ2v) is 5.38. The lowest BCUT2D eigenvalue weighted by atomic mass is 10.2. The van der Waals surface area contributed by atoms with E-state index in [1.807, 2.05) is 13.8 Å². The average Bonchev–Trinajstić information content (AvgIpc) is 3.00. The molecule has 106 valence electrons. The molecule has 1 fully saturated rings. The third kappa shape index (κ3) is 2.15. The summed E-state index contributed by atoms with van der Waals surface area (Å²) < 4.78 is 1.74. The van der Waals surface area contributed by atoms with Gasteiger partial charge in [0.15, 0.2) is 5.69 Å². The van der Waals surface area contributed by atoms with Crippen molar-refractivity contribution < 1.29 is 4.79 Å². The van der Waals surface area contributed by atoms with Crippen molar-refractivity contribution in [1.29, 1.82) is 0 Å². The van der Waals surface area contributed by atoms with E-state index in [2.05, 4.69) is 20.6 Å². The number of H-pyrrole nitrogens is 1. The molecule has 0 spiro atoms. The molecule has 0 bridgehead atoms. The van der Waals surface area contributed by atoms with E-state index in [1.54, 1.807) is 16.9 Å². The highest BCUT2D eigenvalue weighted by Crippen LogP contribution is 2.42. The number of anilines is 2. The van der Waals surface area contributed by atoms with E-state index in [-0.39, 0.29) is 17.6 Å². The molecule has 0 radical (unpaired) electrons. The first-order chi connectivity index (χ1) is 9.58. The lowest BCUT2D eigenvalue weighted by molar-refractivity contribution is 0.102. The average molecular weight is 274 g/mol. The van der Waals surface area contributed by atoms with E-state index in [9.17, 15) is 4.79 Å². The molecule has 1 aliphatic rings. The molecule has 2 aromatic heterocycles. The zero-order valence-electron chi connectivity index (χ0n) is 11.6. The molecule has 20 heavy (non-hydrogen) atoms. The van der Waals surface area contributed by atoms with Gasteiger partial charge in [0.05, 0.1) is 17.6 Å². The Labute approximate surface area is 116 Å². The van der Waals surface area contributed by atoms with Gasteiger partial charge in [-0.05, 0) is 26.7 Å². The maximum atomic E-state index is 12.2. The summed E-state index contributed by atoms with van der Waals surface area (Å²) in [6.45, 7) is 3.99. The molecule has 2 aromatic rings. The van der Waals surface area contributed by atoms with Crippen molar-refractivity contribution in [1.82, 2.24) is 20.0 Å². The number of carbonyl (C=O) groups excluding carboxylic acids is 1. The highest BCUT2D eigenvalue weighted by Gasteiger charge is 2.30. The molecule has 3 rings (SSSR count). The Hall–Kier alpha value is -2.31. The minimum atomic E-state index is -0.312. The molecular weight excluding hydrogens is 256 g/mol. The summed E-state index contributed by atoms with van der Waals surface area (Å²) >= 11 is 0. The first-order valence-corrected chi connectivity index (χ1v) is 6.76. The Bertz CT molecular complexity index is 637. The van der Waals surface area contributed by atoms with Gasteiger partial charge in [-0.3, -0.25) is 9.89 Å². The molecule has 0 aliphatic heterocycles. The first kappa shape index (κ1) is 12.7. The highest BCUT2D eigenvalue weighted by molar-refractivity contribution is 6.06. The zero-order valence-corrected chi connectivity index (χ0v) is 11.6. The second kappa shape index (κ2) is 4.66. The van der Waals surface area contributed by atoms with Gasteiger partial charge in [-0.15, -0.1) is 0 Å². The van der Waals surface area contributed by atoms with E-state index < -0.39 is 0 Å². The third-order valence-corrected chi connectivity index (χ3v) is 3.44. The number of nitrogen functional groups attached to an aromatic ring is 1. The Morgan fingerprint density at radius 3 is 2.95 bits per heavy atom. The maximum absolute atomic E-state index is 12.2. The molecule has 1 amide bonds. The number of hydrogen-bond acceptors (Lipinski definition) is 4. The van der Waals surface area contributed by atoms with Gasteiger partial charge in [-0.25, -0.2) is 4.68 Å². The fraction of sp³-hybridized carbons (Fsp3) is 0.462. The van der Waals surface area contributed by atoms with Crippen LogP contribution in [0.25, 0.3) is 0 Å². The predicted octanol–water partition coefficient (Wildman–Crippen LogP) is 1.90. The van der Waals surface area contributed by atoms with Crippen molar-refractivity contribution in [2.75, 3.05) is 11.1 Å². The summed E-state index contributed by atoms with van der Waals surface area (Å²) in [7, 11) is 0. The number of carbonyl (C=O) groups is 1. The molecule has 2 heterocycles. The lowest BCUT2D eigenvalue weighted by Crippen LogP contribution is -2.18. The molecular formula is C13H18N6O. The molecule has 7 heteroatoms. The van der Waals surface area contributed by atoms with Crippen molar-refractivity contribution in [3.05, 3.63) is 23.7 Å². The smallest absolute Gasteiger partial charge is 0.279 e. The Morgan fingerprint density at radius 1 is 1.55 bits per heavy atom. The van der Waals surface area contributed by atoms with E-state index in [1.165, 1.54) is 0 Å². The van der Waals surface area contributed by atoms with E-state index in [0.29, 0.717) is 17.4 Å². The molecule has 7 nitrogen and oxygen atoms in total. The van der Waals surface area contributed by atoms with Crippen LogP contribution in [-0.2, 0) is 0 Å². The number of nitrogens with zero attached hydrogens (tertiary/aromatic N) is 3. The van der Waals surface area contributed by atoms with Gasteiger partial charge in [-0.1, -0.05) is 0 Å². The van der Waals surface area contributed by atoms with Gasteiger partial charge in [-0.2, -0.15) is 10.2 Å². The number of rotatable bonds is 4. The predicted molar refractivity (Wildman–Crippen MR) is 75.5 cm³/mol. The van der Waals surface area contributed by atoms with Crippen LogP contribution in [0.4, 0.5) is 11.5 Å². The number of aromatic nitrogens is 4. The van der Waals surface area contributed by atoms with Crippen molar-refractivity contribution >= 4 is 17.4 Å². The van der Waals surface area contributed by atoms with Gasteiger partial charge in [0.1, 0.15) is 5.82 Å². The third-order valence-electron chi connectivity index (χ3n) is 3.44. The largest absolute Gasteiger partial charge is 0.395 e. The maximum Gasteiger partial charge on any atom is 0.279 e. The summed E-state index contributed by atoms with van der Waals surface area (Å²) in [5.41, 5.74) is 7.59. The quantitative estimate of drug-likeness (QED) is 0.792. The number of nitrogens with one attached hydrogen (secondary N) is 2. The summed E-state index contributed by atoms with van der Waals surface area (Å²) in [4.78, 5) is 12.2. The van der Waals surface area contributed by atoms with Crippen molar-refractivity contribution in [2.45, 2.75) is 38.6 Å². The van der Waals surface area contributed by atoms with Crippen LogP contribution < -0.4 is 11.1 Å². The van der Waals surface area contributed by atoms with Crippen LogP contribution in [0.2, 0.25) is 0 Å². The van der Waals surface area contributed by atoms with Gasteiger partial charge >= 0.3 is 0 Å². The van der Waals surface area contributed by atoms with Crippen molar-refractivity contribution in [2.24, 2.45) is 0 Å². The number of amides is 1. The minimum Gasteiger partial charge on any atom is -0.395 e. The summed E-state index contributed by atoms with van der Waals surface area (Å²) in [6.07, 6.45) is 3.86. The van der Waals surface area contributed by atoms with Crippen molar-refractivity contribution in [3.8, 4) is 0 Å². The monoisotopic (exact) mass is 274 g/mol. The summed E-state index contributed by atoms with van der Waals surface area (Å²) in [6, 6.07) is 1.92. The zero-order chi connectivity index (χ0) is 14.3. The van der Waals surface area contributed by atoms with Gasteiger partial charge in [0, 0.05) is 18.0 Å². The topological polar surface area (TPSA) is 102 Å². The van der Waals surface area contributed by atoms with Crippen LogP contribution in [0.3, 0.4) is 0 Å². The molecule has 0 saturated heterocycles. The van der Waals surface area contributed by atoms with Crippen LogP contribution in [0.15, 0.2) is 12.3 Å². The normalized spacial score (nSPS) is 14.8. The molecule has 1 aliphatic carbocycles. The highest BCUT2D eigenvalue weighted by atomic mass is 16.2. The molecule has 4 N–H and O–H groups in total. The fourth-order valence-corrected chi connectivity index (χ4v) is 2.22. The molecule has 0 unspecified atom stereocenters. The number of hydrogen-bond donors (Lipinski definition) is 3. The van der Waals surface area contributed by atoms with Crippen LogP contribution in [0.1, 0.15) is 54.8 Å². The van der Waals surface area contributed by atoms with Gasteiger partial charge < -0.3 is 11.1 Å². The van der Waals surface area contributed by atoms with E-state index in [0.717, 1.165) is 18.5 Å². The van der Waals surface area contributed by atoms with Crippen LogP contribution in [0.5, 0.6) is 0 Å². The van der Waals surface area contributed by atoms with Crippen LogP contribution in [-0.4, -0.2) is 25.9 Å². The Balaban J connectivity index is 1.81.